The molecular formula is C17H24N2O2. The number of carbonyl (C=O) groups is 1. The lowest BCUT2D eigenvalue weighted by Gasteiger charge is -2.37. The number of para-hydroxylation sites is 1. The molecule has 21 heavy (non-hydrogen) atoms. The molecule has 0 aromatic heterocycles. The van der Waals surface area contributed by atoms with E-state index in [-0.39, 0.29) is 11.3 Å². The van der Waals surface area contributed by atoms with Gasteiger partial charge < -0.3 is 15.4 Å². The first-order valence-electron chi connectivity index (χ1n) is 7.90. The van der Waals surface area contributed by atoms with Crippen molar-refractivity contribution in [2.24, 2.45) is 11.1 Å². The number of rotatable bonds is 3. The van der Waals surface area contributed by atoms with Crippen LogP contribution in [0.25, 0.3) is 0 Å². The van der Waals surface area contributed by atoms with E-state index in [1.54, 1.807) is 7.11 Å². The summed E-state index contributed by atoms with van der Waals surface area (Å²) in [6, 6.07) is 6.04. The van der Waals surface area contributed by atoms with Gasteiger partial charge in [-0.3, -0.25) is 4.79 Å². The van der Waals surface area contributed by atoms with Crippen molar-refractivity contribution < 1.29 is 9.53 Å². The summed E-state index contributed by atoms with van der Waals surface area (Å²) in [6.07, 6.45) is 6.07. The Bertz CT molecular complexity index is 521. The fourth-order valence-electron chi connectivity index (χ4n) is 3.83. The summed E-state index contributed by atoms with van der Waals surface area (Å²) in [4.78, 5) is 15.1. The van der Waals surface area contributed by atoms with Gasteiger partial charge in [0.25, 0.3) is 0 Å². The first kappa shape index (κ1) is 14.4. The smallest absolute Gasteiger partial charge is 0.234 e. The Morgan fingerprint density at radius 3 is 2.76 bits per heavy atom. The highest BCUT2D eigenvalue weighted by Crippen LogP contribution is 2.43. The quantitative estimate of drug-likeness (QED) is 0.929. The van der Waals surface area contributed by atoms with Gasteiger partial charge in [0.1, 0.15) is 5.75 Å². The number of ether oxygens (including phenoxy) is 1. The number of amides is 1. The van der Waals surface area contributed by atoms with E-state index in [4.69, 9.17) is 10.5 Å². The van der Waals surface area contributed by atoms with Crippen molar-refractivity contribution >= 4 is 11.6 Å². The minimum absolute atomic E-state index is 0.202. The molecule has 2 N–H and O–H groups in total. The molecule has 1 fully saturated rings. The summed E-state index contributed by atoms with van der Waals surface area (Å²) in [5.74, 6) is 0.999. The number of anilines is 1. The second kappa shape index (κ2) is 5.68. The average molecular weight is 288 g/mol. The van der Waals surface area contributed by atoms with Crippen LogP contribution in [0.1, 0.15) is 37.7 Å². The van der Waals surface area contributed by atoms with Crippen molar-refractivity contribution in [2.75, 3.05) is 25.1 Å². The van der Waals surface area contributed by atoms with Crippen molar-refractivity contribution in [3.63, 3.8) is 0 Å². The second-order valence-corrected chi connectivity index (χ2v) is 6.22. The standard InChI is InChI=1S/C17H24N2O2/c1-21-14-8-4-6-13-7-5-11-19(15(13)14)16(20)17(12-18)9-2-3-10-17/h4,6,8H,2-3,5,7,9-12,18H2,1H3. The predicted molar refractivity (Wildman–Crippen MR) is 83.6 cm³/mol. The van der Waals surface area contributed by atoms with Gasteiger partial charge in [0.15, 0.2) is 0 Å². The maximum absolute atomic E-state index is 13.2. The number of fused-ring (bicyclic) bond motifs is 1. The van der Waals surface area contributed by atoms with Crippen molar-refractivity contribution in [1.82, 2.24) is 0 Å². The number of nitrogens with two attached hydrogens (primary N) is 1. The summed E-state index contributed by atoms with van der Waals surface area (Å²) in [5, 5.41) is 0. The number of hydrogen-bond donors (Lipinski definition) is 1. The van der Waals surface area contributed by atoms with Crippen LogP contribution in [0.15, 0.2) is 18.2 Å². The number of methoxy groups -OCH3 is 1. The molecule has 0 saturated heterocycles. The molecule has 1 aliphatic carbocycles. The summed E-state index contributed by atoms with van der Waals surface area (Å²) in [6.45, 7) is 1.22. The molecule has 0 bridgehead atoms. The zero-order chi connectivity index (χ0) is 14.9. The number of nitrogens with zero attached hydrogens (tertiary/aromatic N) is 1. The molecule has 0 radical (unpaired) electrons. The maximum atomic E-state index is 13.2. The first-order chi connectivity index (χ1) is 10.2. The highest BCUT2D eigenvalue weighted by molar-refractivity contribution is 6.00. The highest BCUT2D eigenvalue weighted by Gasteiger charge is 2.44. The number of carbonyl (C=O) groups excluding carboxylic acids is 1. The van der Waals surface area contributed by atoms with Gasteiger partial charge in [-0.15, -0.1) is 0 Å². The van der Waals surface area contributed by atoms with Gasteiger partial charge >= 0.3 is 0 Å². The second-order valence-electron chi connectivity index (χ2n) is 6.22. The van der Waals surface area contributed by atoms with Gasteiger partial charge in [0.05, 0.1) is 18.2 Å². The SMILES string of the molecule is COc1cccc2c1N(C(=O)C1(CN)CCCC1)CCC2. The average Bonchev–Trinajstić information content (AvgIpc) is 3.03. The molecule has 4 heteroatoms. The van der Waals surface area contributed by atoms with E-state index in [2.05, 4.69) is 6.07 Å². The Hall–Kier alpha value is -1.55. The molecule has 1 heterocycles. The van der Waals surface area contributed by atoms with Crippen LogP contribution in [-0.4, -0.2) is 26.1 Å². The van der Waals surface area contributed by atoms with Crippen molar-refractivity contribution in [3.05, 3.63) is 23.8 Å². The topological polar surface area (TPSA) is 55.6 Å². The monoisotopic (exact) mass is 288 g/mol. The summed E-state index contributed by atoms with van der Waals surface area (Å²) < 4.78 is 5.50. The number of hydrogen-bond acceptors (Lipinski definition) is 3. The summed E-state index contributed by atoms with van der Waals surface area (Å²) >= 11 is 0. The molecule has 3 rings (SSSR count). The van der Waals surface area contributed by atoms with Gasteiger partial charge in [0, 0.05) is 13.1 Å². The largest absolute Gasteiger partial charge is 0.495 e. The summed E-state index contributed by atoms with van der Waals surface area (Å²) in [5.41, 5.74) is 7.81. The van der Waals surface area contributed by atoms with E-state index >= 15 is 0 Å². The lowest BCUT2D eigenvalue weighted by Crippen LogP contribution is -2.48. The van der Waals surface area contributed by atoms with E-state index < -0.39 is 0 Å². The fourth-order valence-corrected chi connectivity index (χ4v) is 3.83. The third-order valence-corrected chi connectivity index (χ3v) is 5.05. The van der Waals surface area contributed by atoms with Gasteiger partial charge in [-0.1, -0.05) is 25.0 Å². The highest BCUT2D eigenvalue weighted by atomic mass is 16.5. The predicted octanol–water partition coefficient (Wildman–Crippen LogP) is 2.49. The lowest BCUT2D eigenvalue weighted by molar-refractivity contribution is -0.127. The zero-order valence-electron chi connectivity index (χ0n) is 12.7. The van der Waals surface area contributed by atoms with Crippen molar-refractivity contribution in [2.45, 2.75) is 38.5 Å². The molecule has 0 unspecified atom stereocenters. The summed E-state index contributed by atoms with van der Waals surface area (Å²) in [7, 11) is 1.67. The molecule has 1 amide bonds. The fraction of sp³-hybridized carbons (Fsp3) is 0.588. The molecule has 0 spiro atoms. The van der Waals surface area contributed by atoms with E-state index in [0.717, 1.165) is 56.5 Å². The van der Waals surface area contributed by atoms with Gasteiger partial charge in [-0.05, 0) is 37.3 Å². The van der Waals surface area contributed by atoms with Crippen molar-refractivity contribution in [3.8, 4) is 5.75 Å². The Kier molecular flexibility index (Phi) is 3.89. The minimum Gasteiger partial charge on any atom is -0.495 e. The van der Waals surface area contributed by atoms with Crippen LogP contribution in [0, 0.1) is 5.41 Å². The van der Waals surface area contributed by atoms with E-state index in [1.807, 2.05) is 17.0 Å². The molecule has 1 aromatic rings. The molecule has 1 aromatic carbocycles. The van der Waals surface area contributed by atoms with Crippen LogP contribution >= 0.6 is 0 Å². The molecule has 1 aliphatic heterocycles. The lowest BCUT2D eigenvalue weighted by atomic mass is 9.83. The number of benzene rings is 1. The first-order valence-corrected chi connectivity index (χ1v) is 7.90. The molecule has 4 nitrogen and oxygen atoms in total. The molecule has 2 aliphatic rings. The van der Waals surface area contributed by atoms with Crippen LogP contribution in [0.3, 0.4) is 0 Å². The third-order valence-electron chi connectivity index (χ3n) is 5.05. The van der Waals surface area contributed by atoms with Gasteiger partial charge in [-0.25, -0.2) is 0 Å². The Morgan fingerprint density at radius 1 is 1.33 bits per heavy atom. The number of aryl methyl sites for hydroxylation is 1. The van der Waals surface area contributed by atoms with Crippen LogP contribution in [0.5, 0.6) is 5.75 Å². The molecular weight excluding hydrogens is 264 g/mol. The van der Waals surface area contributed by atoms with E-state index in [1.165, 1.54) is 5.56 Å². The molecule has 1 saturated carbocycles. The molecule has 114 valence electrons. The van der Waals surface area contributed by atoms with Crippen LogP contribution in [0.4, 0.5) is 5.69 Å². The van der Waals surface area contributed by atoms with Crippen LogP contribution in [-0.2, 0) is 11.2 Å². The Morgan fingerprint density at radius 2 is 2.10 bits per heavy atom. The normalized spacial score (nSPS) is 20.2. The van der Waals surface area contributed by atoms with E-state index in [9.17, 15) is 4.79 Å². The van der Waals surface area contributed by atoms with Gasteiger partial charge in [-0.2, -0.15) is 0 Å². The van der Waals surface area contributed by atoms with Gasteiger partial charge in [0.2, 0.25) is 5.91 Å². The Labute approximate surface area is 126 Å². The Balaban J connectivity index is 2.00. The van der Waals surface area contributed by atoms with Crippen LogP contribution < -0.4 is 15.4 Å². The minimum atomic E-state index is -0.352. The third kappa shape index (κ3) is 2.31. The van der Waals surface area contributed by atoms with Crippen molar-refractivity contribution in [1.29, 1.82) is 0 Å². The molecule has 0 atom stereocenters. The zero-order valence-corrected chi connectivity index (χ0v) is 12.7. The maximum Gasteiger partial charge on any atom is 0.234 e. The van der Waals surface area contributed by atoms with E-state index in [0.29, 0.717) is 6.54 Å². The van der Waals surface area contributed by atoms with Crippen LogP contribution in [0.2, 0.25) is 0 Å².